The maximum Gasteiger partial charge on any atom is 0.327 e. The Morgan fingerprint density at radius 2 is 2.25 bits per heavy atom. The van der Waals surface area contributed by atoms with Crippen LogP contribution in [0, 0.1) is 15.9 Å². The molecular weight excluding hydrogens is 213 g/mol. The Morgan fingerprint density at radius 1 is 1.56 bits per heavy atom. The molecule has 0 heterocycles. The quantitative estimate of drug-likeness (QED) is 0.611. The van der Waals surface area contributed by atoms with Crippen LogP contribution in [0.4, 0.5) is 15.8 Å². The van der Waals surface area contributed by atoms with Crippen LogP contribution in [-0.4, -0.2) is 25.1 Å². The fourth-order valence-electron chi connectivity index (χ4n) is 1.44. The monoisotopic (exact) mass is 227 g/mol. The van der Waals surface area contributed by atoms with Crippen molar-refractivity contribution in [3.63, 3.8) is 0 Å². The number of benzene rings is 1. The molecule has 0 bridgehead atoms. The summed E-state index contributed by atoms with van der Waals surface area (Å²) < 4.78 is 13.3. The van der Waals surface area contributed by atoms with Gasteiger partial charge in [0.15, 0.2) is 0 Å². The lowest BCUT2D eigenvalue weighted by molar-refractivity contribution is -0.386. The lowest BCUT2D eigenvalue weighted by Gasteiger charge is -2.18. The number of halogens is 1. The van der Waals surface area contributed by atoms with E-state index in [1.54, 1.807) is 11.9 Å². The van der Waals surface area contributed by atoms with E-state index in [1.807, 2.05) is 0 Å². The second-order valence-electron chi connectivity index (χ2n) is 3.43. The first-order valence-electron chi connectivity index (χ1n) is 4.92. The van der Waals surface area contributed by atoms with Crippen LogP contribution in [0.2, 0.25) is 0 Å². The van der Waals surface area contributed by atoms with Crippen LogP contribution in [0.5, 0.6) is 0 Å². The van der Waals surface area contributed by atoms with Crippen molar-refractivity contribution in [2.24, 2.45) is 5.73 Å². The van der Waals surface area contributed by atoms with Crippen LogP contribution in [0.25, 0.3) is 0 Å². The second kappa shape index (κ2) is 5.41. The van der Waals surface area contributed by atoms with Gasteiger partial charge in [0.2, 0.25) is 5.82 Å². The number of nitrogens with two attached hydrogens (primary N) is 1. The van der Waals surface area contributed by atoms with Crippen molar-refractivity contribution in [1.82, 2.24) is 0 Å². The van der Waals surface area contributed by atoms with Crippen molar-refractivity contribution in [2.75, 3.05) is 25.0 Å². The van der Waals surface area contributed by atoms with Crippen LogP contribution < -0.4 is 10.6 Å². The van der Waals surface area contributed by atoms with Gasteiger partial charge in [-0.2, -0.15) is 4.39 Å². The van der Waals surface area contributed by atoms with Crippen LogP contribution in [0.1, 0.15) is 6.42 Å². The van der Waals surface area contributed by atoms with Gasteiger partial charge < -0.3 is 10.6 Å². The number of hydrogen-bond donors (Lipinski definition) is 1. The Labute approximate surface area is 92.8 Å². The topological polar surface area (TPSA) is 72.4 Å². The summed E-state index contributed by atoms with van der Waals surface area (Å²) in [6.07, 6.45) is 0.699. The van der Waals surface area contributed by atoms with Gasteiger partial charge in [-0.3, -0.25) is 10.1 Å². The molecule has 0 aromatic heterocycles. The van der Waals surface area contributed by atoms with E-state index < -0.39 is 16.4 Å². The minimum atomic E-state index is -0.818. The fraction of sp³-hybridized carbons (Fsp3) is 0.400. The van der Waals surface area contributed by atoms with Crippen LogP contribution in [0.15, 0.2) is 18.2 Å². The number of rotatable bonds is 5. The third-order valence-electron chi connectivity index (χ3n) is 2.26. The van der Waals surface area contributed by atoms with E-state index >= 15 is 0 Å². The van der Waals surface area contributed by atoms with Gasteiger partial charge in [0.05, 0.1) is 4.92 Å². The number of anilines is 1. The molecule has 1 aromatic carbocycles. The summed E-state index contributed by atoms with van der Waals surface area (Å²) in [5.41, 5.74) is 5.14. The standard InChI is InChI=1S/C10H14FN3O2/c1-13(7-3-6-12)9-5-2-4-8(11)10(9)14(15)16/h2,4-5H,3,6-7,12H2,1H3. The molecule has 0 fully saturated rings. The van der Waals surface area contributed by atoms with Crippen LogP contribution in [-0.2, 0) is 0 Å². The lowest BCUT2D eigenvalue weighted by atomic mass is 10.2. The Kier molecular flexibility index (Phi) is 4.19. The second-order valence-corrected chi connectivity index (χ2v) is 3.43. The van der Waals surface area contributed by atoms with E-state index in [1.165, 1.54) is 12.1 Å². The molecule has 1 rings (SSSR count). The van der Waals surface area contributed by atoms with Gasteiger partial charge in [-0.15, -0.1) is 0 Å². The zero-order valence-electron chi connectivity index (χ0n) is 9.02. The summed E-state index contributed by atoms with van der Waals surface area (Å²) >= 11 is 0. The summed E-state index contributed by atoms with van der Waals surface area (Å²) in [5.74, 6) is -0.818. The van der Waals surface area contributed by atoms with Crippen molar-refractivity contribution in [1.29, 1.82) is 0 Å². The fourth-order valence-corrected chi connectivity index (χ4v) is 1.44. The third kappa shape index (κ3) is 2.66. The average Bonchev–Trinajstić information content (AvgIpc) is 2.24. The molecule has 0 saturated carbocycles. The van der Waals surface area contributed by atoms with Gasteiger partial charge >= 0.3 is 5.69 Å². The SMILES string of the molecule is CN(CCCN)c1cccc(F)c1[N+](=O)[O-]. The van der Waals surface area contributed by atoms with Crippen molar-refractivity contribution in [3.8, 4) is 0 Å². The average molecular weight is 227 g/mol. The number of para-hydroxylation sites is 1. The Balaban J connectivity index is 3.02. The van der Waals surface area contributed by atoms with Gasteiger partial charge in [-0.1, -0.05) is 6.07 Å². The van der Waals surface area contributed by atoms with Crippen molar-refractivity contribution < 1.29 is 9.31 Å². The van der Waals surface area contributed by atoms with Gasteiger partial charge in [-0.25, -0.2) is 0 Å². The molecule has 88 valence electrons. The van der Waals surface area contributed by atoms with E-state index in [2.05, 4.69) is 0 Å². The first-order valence-corrected chi connectivity index (χ1v) is 4.92. The normalized spacial score (nSPS) is 10.2. The molecule has 1 aromatic rings. The van der Waals surface area contributed by atoms with E-state index in [9.17, 15) is 14.5 Å². The lowest BCUT2D eigenvalue weighted by Crippen LogP contribution is -2.22. The number of hydrogen-bond acceptors (Lipinski definition) is 4. The summed E-state index contributed by atoms with van der Waals surface area (Å²) in [5, 5.41) is 10.7. The molecule has 16 heavy (non-hydrogen) atoms. The molecule has 0 spiro atoms. The molecule has 0 saturated heterocycles. The van der Waals surface area contributed by atoms with Gasteiger partial charge in [0.25, 0.3) is 0 Å². The van der Waals surface area contributed by atoms with E-state index in [-0.39, 0.29) is 5.69 Å². The molecule has 0 aliphatic rings. The van der Waals surface area contributed by atoms with E-state index in [0.29, 0.717) is 19.5 Å². The zero-order chi connectivity index (χ0) is 12.1. The molecule has 0 aliphatic heterocycles. The molecule has 6 heteroatoms. The highest BCUT2D eigenvalue weighted by Gasteiger charge is 2.21. The minimum absolute atomic E-state index is 0.276. The summed E-state index contributed by atoms with van der Waals surface area (Å²) in [7, 11) is 1.68. The highest BCUT2D eigenvalue weighted by Crippen LogP contribution is 2.29. The first-order chi connectivity index (χ1) is 7.57. The molecule has 2 N–H and O–H groups in total. The highest BCUT2D eigenvalue weighted by atomic mass is 19.1. The Morgan fingerprint density at radius 3 is 2.81 bits per heavy atom. The zero-order valence-corrected chi connectivity index (χ0v) is 9.02. The Hall–Kier alpha value is -1.69. The Bertz CT molecular complexity index is 384. The molecular formula is C10H14FN3O2. The first kappa shape index (κ1) is 12.4. The predicted molar refractivity (Wildman–Crippen MR) is 60.0 cm³/mol. The molecule has 0 aliphatic carbocycles. The maximum atomic E-state index is 13.3. The van der Waals surface area contributed by atoms with E-state index in [0.717, 1.165) is 6.07 Å². The predicted octanol–water partition coefficient (Wildman–Crippen LogP) is 1.52. The molecule has 0 unspecified atom stereocenters. The van der Waals surface area contributed by atoms with Crippen molar-refractivity contribution in [2.45, 2.75) is 6.42 Å². The van der Waals surface area contributed by atoms with Crippen molar-refractivity contribution in [3.05, 3.63) is 34.1 Å². The minimum Gasteiger partial charge on any atom is -0.369 e. The molecule has 0 atom stereocenters. The summed E-state index contributed by atoms with van der Waals surface area (Å²) in [6.45, 7) is 1.05. The van der Waals surface area contributed by atoms with Crippen molar-refractivity contribution >= 4 is 11.4 Å². The molecule has 0 radical (unpaired) electrons. The smallest absolute Gasteiger partial charge is 0.327 e. The van der Waals surface area contributed by atoms with Gasteiger partial charge in [0, 0.05) is 13.6 Å². The van der Waals surface area contributed by atoms with Gasteiger partial charge in [-0.05, 0) is 25.1 Å². The molecule has 0 amide bonds. The van der Waals surface area contributed by atoms with Crippen LogP contribution >= 0.6 is 0 Å². The maximum absolute atomic E-state index is 13.3. The largest absolute Gasteiger partial charge is 0.369 e. The van der Waals surface area contributed by atoms with Crippen LogP contribution in [0.3, 0.4) is 0 Å². The molecule has 5 nitrogen and oxygen atoms in total. The number of nitro benzene ring substituents is 1. The summed E-state index contributed by atoms with van der Waals surface area (Å²) in [6, 6.07) is 4.06. The van der Waals surface area contributed by atoms with E-state index in [4.69, 9.17) is 5.73 Å². The number of nitrogens with zero attached hydrogens (tertiary/aromatic N) is 2. The third-order valence-corrected chi connectivity index (χ3v) is 2.26. The summed E-state index contributed by atoms with van der Waals surface area (Å²) in [4.78, 5) is 11.7. The van der Waals surface area contributed by atoms with Gasteiger partial charge in [0.1, 0.15) is 5.69 Å². The number of nitro groups is 1. The highest BCUT2D eigenvalue weighted by molar-refractivity contribution is 5.63.